The van der Waals surface area contributed by atoms with Crippen LogP contribution >= 0.6 is 11.3 Å². The lowest BCUT2D eigenvalue weighted by atomic mass is 10.0. The number of halogens is 3. The number of likely N-dealkylation sites (tertiary alicyclic amines) is 1. The first kappa shape index (κ1) is 21.8. The van der Waals surface area contributed by atoms with Crippen LogP contribution in [-0.4, -0.2) is 44.9 Å². The molecule has 1 saturated heterocycles. The van der Waals surface area contributed by atoms with Gasteiger partial charge in [0.2, 0.25) is 0 Å². The van der Waals surface area contributed by atoms with Gasteiger partial charge in [-0.2, -0.15) is 13.2 Å². The molecule has 6 nitrogen and oxygen atoms in total. The van der Waals surface area contributed by atoms with E-state index in [1.54, 1.807) is 6.20 Å². The van der Waals surface area contributed by atoms with Crippen molar-refractivity contribution in [2.75, 3.05) is 18.4 Å². The highest BCUT2D eigenvalue weighted by molar-refractivity contribution is 7.13. The molecule has 2 aliphatic rings. The minimum atomic E-state index is -4.42. The number of carbonyl (C=O) groups excluding carboxylic acids is 1. The lowest BCUT2D eigenvalue weighted by Crippen LogP contribution is -2.48. The molecule has 3 aromatic heterocycles. The lowest BCUT2D eigenvalue weighted by molar-refractivity contribution is -0.137. The van der Waals surface area contributed by atoms with Crippen molar-refractivity contribution in [1.29, 1.82) is 0 Å². The lowest BCUT2D eigenvalue weighted by Gasteiger charge is -2.36. The summed E-state index contributed by atoms with van der Waals surface area (Å²) in [6, 6.07) is 5.98. The van der Waals surface area contributed by atoms with Gasteiger partial charge in [0.25, 0.3) is 5.91 Å². The molecule has 2 fully saturated rings. The molecule has 33 heavy (non-hydrogen) atoms. The van der Waals surface area contributed by atoms with Crippen molar-refractivity contribution in [2.24, 2.45) is 11.8 Å². The number of aromatic nitrogens is 3. The third-order valence-corrected chi connectivity index (χ3v) is 7.09. The third kappa shape index (κ3) is 4.57. The van der Waals surface area contributed by atoms with Gasteiger partial charge in [-0.25, -0.2) is 15.0 Å². The largest absolute Gasteiger partial charge is 0.417 e. The smallest absolute Gasteiger partial charge is 0.368 e. The summed E-state index contributed by atoms with van der Waals surface area (Å²) in [5.74, 6) is 1.31. The van der Waals surface area contributed by atoms with Crippen molar-refractivity contribution in [3.05, 3.63) is 59.0 Å². The van der Waals surface area contributed by atoms with Crippen LogP contribution in [0.3, 0.4) is 0 Å². The second-order valence-corrected chi connectivity index (χ2v) is 9.49. The Balaban J connectivity index is 1.36. The number of nitrogens with zero attached hydrogens (tertiary/aromatic N) is 4. The number of pyridine rings is 2. The highest BCUT2D eigenvalue weighted by Gasteiger charge is 2.47. The SMILES string of the molecule is Cc1ccc(-c2nccs2)c(C(=O)N2C[C@@H]3C[C@@H]3C[C@H]2CNc2ccc(C(F)(F)F)cn2)n1. The zero-order chi connectivity index (χ0) is 23.2. The summed E-state index contributed by atoms with van der Waals surface area (Å²) in [6.45, 7) is 2.92. The maximum atomic E-state index is 13.7. The average Bonchev–Trinajstić information content (AvgIpc) is 3.34. The second-order valence-electron chi connectivity index (χ2n) is 8.60. The molecule has 3 aromatic rings. The van der Waals surface area contributed by atoms with E-state index >= 15 is 0 Å². The van der Waals surface area contributed by atoms with Crippen LogP contribution in [0.2, 0.25) is 0 Å². The van der Waals surface area contributed by atoms with Crippen molar-refractivity contribution in [2.45, 2.75) is 32.0 Å². The molecule has 172 valence electrons. The first-order chi connectivity index (χ1) is 15.8. The van der Waals surface area contributed by atoms with E-state index in [2.05, 4.69) is 20.3 Å². The molecule has 1 aliphatic carbocycles. The van der Waals surface area contributed by atoms with Crippen LogP contribution in [0.25, 0.3) is 10.6 Å². The molecule has 0 spiro atoms. The van der Waals surface area contributed by atoms with Crippen molar-refractivity contribution in [3.63, 3.8) is 0 Å². The Morgan fingerprint density at radius 1 is 1.18 bits per heavy atom. The van der Waals surface area contributed by atoms with Crippen LogP contribution in [0.5, 0.6) is 0 Å². The number of hydrogen-bond acceptors (Lipinski definition) is 6. The molecule has 1 amide bonds. The first-order valence-electron chi connectivity index (χ1n) is 10.7. The van der Waals surface area contributed by atoms with Crippen LogP contribution < -0.4 is 5.32 Å². The van der Waals surface area contributed by atoms with Gasteiger partial charge in [-0.05, 0) is 55.9 Å². The Bertz CT molecular complexity index is 1150. The normalized spacial score (nSPS) is 22.1. The number of aryl methyl sites for hydroxylation is 1. The van der Waals surface area contributed by atoms with Crippen molar-refractivity contribution >= 4 is 23.1 Å². The minimum Gasteiger partial charge on any atom is -0.368 e. The maximum absolute atomic E-state index is 13.7. The molecule has 0 bridgehead atoms. The summed E-state index contributed by atoms with van der Waals surface area (Å²) in [7, 11) is 0. The van der Waals surface area contributed by atoms with E-state index in [1.165, 1.54) is 17.4 Å². The Labute approximate surface area is 192 Å². The molecule has 1 N–H and O–H groups in total. The van der Waals surface area contributed by atoms with Crippen LogP contribution in [0, 0.1) is 18.8 Å². The zero-order valence-electron chi connectivity index (χ0n) is 17.8. The summed E-state index contributed by atoms with van der Waals surface area (Å²) in [6.07, 6.45) is 0.0461. The monoisotopic (exact) mass is 473 g/mol. The number of hydrogen-bond donors (Lipinski definition) is 1. The quantitative estimate of drug-likeness (QED) is 0.571. The molecule has 0 radical (unpaired) electrons. The van der Waals surface area contributed by atoms with Gasteiger partial charge in [0, 0.05) is 48.2 Å². The molecule has 10 heteroatoms. The predicted octanol–water partition coefficient (Wildman–Crippen LogP) is 4.89. The molecule has 1 aliphatic heterocycles. The van der Waals surface area contributed by atoms with E-state index in [0.29, 0.717) is 36.4 Å². The molecule has 0 aromatic carbocycles. The summed E-state index contributed by atoms with van der Waals surface area (Å²) >= 11 is 1.46. The standard InChI is InChI=1S/C23H22F3N5OS/c1-13-2-4-18(21-27-6-7-33-21)20(30-13)22(32)31-12-15-8-14(15)9-17(31)11-29-19-5-3-16(10-28-19)23(24,25)26/h2-7,10,14-15,17H,8-9,11-12H2,1H3,(H,28,29)/t14-,15+,17+/m1/s1. The van der Waals surface area contributed by atoms with E-state index in [4.69, 9.17) is 0 Å². The van der Waals surface area contributed by atoms with Gasteiger partial charge < -0.3 is 10.2 Å². The summed E-state index contributed by atoms with van der Waals surface area (Å²) < 4.78 is 38.4. The van der Waals surface area contributed by atoms with Gasteiger partial charge in [-0.1, -0.05) is 0 Å². The topological polar surface area (TPSA) is 71.0 Å². The van der Waals surface area contributed by atoms with Gasteiger partial charge in [0.05, 0.1) is 5.56 Å². The molecule has 5 rings (SSSR count). The third-order valence-electron chi connectivity index (χ3n) is 6.29. The van der Waals surface area contributed by atoms with Crippen molar-refractivity contribution in [3.8, 4) is 10.6 Å². The van der Waals surface area contributed by atoms with E-state index in [1.807, 2.05) is 29.3 Å². The number of fused-ring (bicyclic) bond motifs is 1. The summed E-state index contributed by atoms with van der Waals surface area (Å²) in [5.41, 5.74) is 1.07. The van der Waals surface area contributed by atoms with Crippen LogP contribution in [-0.2, 0) is 6.18 Å². The fourth-order valence-electron chi connectivity index (χ4n) is 4.42. The molecule has 1 saturated carbocycles. The maximum Gasteiger partial charge on any atom is 0.417 e. The highest BCUT2D eigenvalue weighted by Crippen LogP contribution is 2.47. The number of alkyl halides is 3. The Morgan fingerprint density at radius 2 is 2.03 bits per heavy atom. The van der Waals surface area contributed by atoms with Crippen LogP contribution in [0.1, 0.15) is 34.6 Å². The molecular formula is C23H22F3N5OS. The van der Waals surface area contributed by atoms with E-state index in [9.17, 15) is 18.0 Å². The molecule has 4 heterocycles. The average molecular weight is 474 g/mol. The van der Waals surface area contributed by atoms with Crippen LogP contribution in [0.15, 0.2) is 42.0 Å². The number of piperidine rings is 1. The van der Waals surface area contributed by atoms with Crippen LogP contribution in [0.4, 0.5) is 19.0 Å². The van der Waals surface area contributed by atoms with E-state index in [0.717, 1.165) is 41.4 Å². The van der Waals surface area contributed by atoms with Gasteiger partial charge in [0.15, 0.2) is 0 Å². The van der Waals surface area contributed by atoms with Gasteiger partial charge >= 0.3 is 6.18 Å². The predicted molar refractivity (Wildman–Crippen MR) is 119 cm³/mol. The second kappa shape index (κ2) is 8.40. The molecular weight excluding hydrogens is 451 g/mol. The molecule has 3 atom stereocenters. The van der Waals surface area contributed by atoms with E-state index in [-0.39, 0.29) is 11.9 Å². The van der Waals surface area contributed by atoms with Crippen molar-refractivity contribution in [1.82, 2.24) is 19.9 Å². The van der Waals surface area contributed by atoms with E-state index < -0.39 is 11.7 Å². The number of nitrogens with one attached hydrogen (secondary N) is 1. The Hall–Kier alpha value is -3.01. The summed E-state index contributed by atoms with van der Waals surface area (Å²) in [5, 5.41) is 5.73. The number of anilines is 1. The Morgan fingerprint density at radius 3 is 2.73 bits per heavy atom. The Kier molecular flexibility index (Phi) is 5.55. The number of carbonyl (C=O) groups is 1. The van der Waals surface area contributed by atoms with Gasteiger partial charge in [-0.3, -0.25) is 4.79 Å². The van der Waals surface area contributed by atoms with Gasteiger partial charge in [0.1, 0.15) is 16.5 Å². The number of rotatable bonds is 5. The minimum absolute atomic E-state index is 0.100. The first-order valence-corrected chi connectivity index (χ1v) is 11.6. The molecule has 0 unspecified atom stereocenters. The number of amides is 1. The zero-order valence-corrected chi connectivity index (χ0v) is 18.7. The highest BCUT2D eigenvalue weighted by atomic mass is 32.1. The number of thiazole rings is 1. The fraction of sp³-hybridized carbons (Fsp3) is 0.391. The van der Waals surface area contributed by atoms with Crippen molar-refractivity contribution < 1.29 is 18.0 Å². The fourth-order valence-corrected chi connectivity index (χ4v) is 5.08. The van der Waals surface area contributed by atoms with Gasteiger partial charge in [-0.15, -0.1) is 11.3 Å². The summed E-state index contributed by atoms with van der Waals surface area (Å²) in [4.78, 5) is 28.4.